The Labute approximate surface area is 421 Å². The third-order valence-corrected chi connectivity index (χ3v) is 14.7. The van der Waals surface area contributed by atoms with Gasteiger partial charge in [-0.2, -0.15) is 9.29 Å². The summed E-state index contributed by atoms with van der Waals surface area (Å²) in [5.74, 6) is -0.596. The maximum Gasteiger partial charge on any atom is 0.481 e. The summed E-state index contributed by atoms with van der Waals surface area (Å²) in [6.45, 7) is 4.37. The Morgan fingerprint density at radius 3 is 2.00 bits per heavy atom. The van der Waals surface area contributed by atoms with E-state index in [1.165, 1.54) is 76.7 Å². The molecule has 2 saturated heterocycles. The van der Waals surface area contributed by atoms with E-state index in [0.717, 1.165) is 68.0 Å². The zero-order chi connectivity index (χ0) is 51.9. The van der Waals surface area contributed by atoms with E-state index in [1.54, 1.807) is 0 Å². The number of rotatable bonds is 41. The van der Waals surface area contributed by atoms with Gasteiger partial charge in [-0.3, -0.25) is 23.2 Å². The van der Waals surface area contributed by atoms with Crippen molar-refractivity contribution in [2.45, 2.75) is 218 Å². The molecule has 2 aliphatic heterocycles. The molecular formula is C50H85N3O16P2. The van der Waals surface area contributed by atoms with Crippen LogP contribution in [0, 0.1) is 5.92 Å². The summed E-state index contributed by atoms with van der Waals surface area (Å²) in [6, 6.07) is 1.24. The maximum absolute atomic E-state index is 12.9. The highest BCUT2D eigenvalue weighted by Crippen LogP contribution is 2.60. The topological polar surface area (TPSA) is 278 Å². The number of epoxide rings is 1. The van der Waals surface area contributed by atoms with Gasteiger partial charge in [-0.15, -0.1) is 0 Å². The van der Waals surface area contributed by atoms with Crippen LogP contribution in [0.1, 0.15) is 181 Å². The lowest BCUT2D eigenvalue weighted by Crippen LogP contribution is -2.36. The standard InChI is InChI=1S/C50H85N3O16P2/c1-4-5-6-7-8-9-10-14-17-20-23-26-30-41-42(67-41)31-28-33-46(55)66-40(36-63-45(54)32-27-24-21-18-15-12-11-13-16-19-22-25-29-39(2)3)37-64-70(59,60)69-71(61,62)65-38-43-47(56)48(57)49(68-43)53-35-34-44(51)52-50(53)58/h8-9,14,17,23,26,34-35,39-43,47-49,56-57H,4-7,10-13,15-16,18-22,24-25,27-33,36-38H2,1-3H3,(H,59,60)(H,61,62)(H2,51,52,58)/b9-8-,17-14-,26-23-/t40-,41?,42?,43-,47-,48-,49-/m1/s1. The minimum absolute atomic E-state index is 0.00513. The summed E-state index contributed by atoms with van der Waals surface area (Å²) in [5.41, 5.74) is 4.59. The van der Waals surface area contributed by atoms with Crippen LogP contribution >= 0.6 is 15.6 Å². The van der Waals surface area contributed by atoms with E-state index in [-0.39, 0.29) is 30.9 Å². The number of nitrogen functional groups attached to an aromatic ring is 1. The van der Waals surface area contributed by atoms with E-state index >= 15 is 0 Å². The van der Waals surface area contributed by atoms with E-state index in [9.17, 15) is 43.5 Å². The second-order valence-electron chi connectivity index (χ2n) is 18.9. The predicted molar refractivity (Wildman–Crippen MR) is 270 cm³/mol. The van der Waals surface area contributed by atoms with Crippen LogP contribution in [0.4, 0.5) is 5.82 Å². The molecule has 0 aliphatic carbocycles. The van der Waals surface area contributed by atoms with E-state index in [0.29, 0.717) is 19.3 Å². The van der Waals surface area contributed by atoms with Crippen molar-refractivity contribution in [1.29, 1.82) is 0 Å². The van der Waals surface area contributed by atoms with Gasteiger partial charge in [0.1, 0.15) is 30.7 Å². The van der Waals surface area contributed by atoms with E-state index < -0.39 is 83.7 Å². The van der Waals surface area contributed by atoms with Gasteiger partial charge in [0.25, 0.3) is 0 Å². The summed E-state index contributed by atoms with van der Waals surface area (Å²) in [7, 11) is -10.9. The van der Waals surface area contributed by atoms with Crippen molar-refractivity contribution < 1.29 is 71.0 Å². The summed E-state index contributed by atoms with van der Waals surface area (Å²) < 4.78 is 62.6. The Morgan fingerprint density at radius 1 is 0.746 bits per heavy atom. The molecular weight excluding hydrogens is 961 g/mol. The van der Waals surface area contributed by atoms with E-state index in [2.05, 4.69) is 66.5 Å². The van der Waals surface area contributed by atoms with Gasteiger partial charge in [0.2, 0.25) is 0 Å². The Kier molecular flexibility index (Phi) is 30.9. The van der Waals surface area contributed by atoms with Gasteiger partial charge in [-0.1, -0.05) is 147 Å². The molecule has 0 bridgehead atoms. The number of phosphoric acid groups is 2. The van der Waals surface area contributed by atoms with Crippen LogP contribution in [-0.4, -0.2) is 97.9 Å². The van der Waals surface area contributed by atoms with Crippen molar-refractivity contribution in [3.63, 3.8) is 0 Å². The first kappa shape index (κ1) is 62.2. The molecule has 0 spiro atoms. The summed E-state index contributed by atoms with van der Waals surface area (Å²) in [4.78, 5) is 62.1. The minimum Gasteiger partial charge on any atom is -0.462 e. The number of aliphatic hydroxyl groups excluding tert-OH is 2. The molecule has 0 aromatic carbocycles. The number of carbonyl (C=O) groups is 2. The second kappa shape index (κ2) is 35.2. The quantitative estimate of drug-likeness (QED) is 0.0134. The SMILES string of the molecule is CCCCC/C=C\C/C=C\C/C=C\CC1OC1CCCC(=O)O[C@H](COC(=O)CCCCCCCCCCCCCCC(C)C)COP(=O)(O)OP(=O)(O)OC[C@H]1O[C@@H](n2ccc(N)nc2=O)[C@H](O)[C@@H]1O. The van der Waals surface area contributed by atoms with Crippen LogP contribution in [0.2, 0.25) is 0 Å². The first-order chi connectivity index (χ1) is 34.0. The summed E-state index contributed by atoms with van der Waals surface area (Å²) in [6.07, 6.45) is 29.6. The number of esters is 2. The lowest BCUT2D eigenvalue weighted by molar-refractivity contribution is -0.161. The molecule has 406 valence electrons. The third-order valence-electron chi connectivity index (χ3n) is 12.1. The molecule has 2 aliphatic rings. The monoisotopic (exact) mass is 1050 g/mol. The van der Waals surface area contributed by atoms with Crippen molar-refractivity contribution in [2.75, 3.05) is 25.6 Å². The molecule has 19 nitrogen and oxygen atoms in total. The molecule has 6 N–H and O–H groups in total. The lowest BCUT2D eigenvalue weighted by atomic mass is 10.0. The van der Waals surface area contributed by atoms with Crippen molar-refractivity contribution in [3.8, 4) is 0 Å². The molecule has 2 fully saturated rings. The fourth-order valence-corrected chi connectivity index (χ4v) is 10.0. The number of aliphatic hydroxyl groups is 2. The minimum atomic E-state index is -5.44. The number of anilines is 1. The second-order valence-corrected chi connectivity index (χ2v) is 21.9. The smallest absolute Gasteiger partial charge is 0.462 e. The highest BCUT2D eigenvalue weighted by atomic mass is 31.3. The van der Waals surface area contributed by atoms with Gasteiger partial charge < -0.3 is 44.7 Å². The molecule has 0 amide bonds. The molecule has 4 unspecified atom stereocenters. The van der Waals surface area contributed by atoms with Crippen molar-refractivity contribution in [1.82, 2.24) is 9.55 Å². The summed E-state index contributed by atoms with van der Waals surface area (Å²) in [5, 5.41) is 20.9. The number of nitrogens with two attached hydrogens (primary N) is 1. The van der Waals surface area contributed by atoms with E-state index in [4.69, 9.17) is 33.7 Å². The number of aromatic nitrogens is 2. The average molecular weight is 1050 g/mol. The zero-order valence-electron chi connectivity index (χ0n) is 42.4. The molecule has 0 saturated carbocycles. The third kappa shape index (κ3) is 28.3. The number of allylic oxidation sites excluding steroid dienone is 5. The molecule has 21 heteroatoms. The predicted octanol–water partition coefficient (Wildman–Crippen LogP) is 9.62. The highest BCUT2D eigenvalue weighted by Gasteiger charge is 2.46. The van der Waals surface area contributed by atoms with E-state index in [1.807, 2.05) is 0 Å². The number of hydrogen-bond donors (Lipinski definition) is 5. The molecule has 0 radical (unpaired) electrons. The molecule has 1 aromatic rings. The van der Waals surface area contributed by atoms with Crippen molar-refractivity contribution >= 4 is 33.4 Å². The normalized spacial score (nSPS) is 22.4. The van der Waals surface area contributed by atoms with Crippen LogP contribution < -0.4 is 11.4 Å². The van der Waals surface area contributed by atoms with Gasteiger partial charge in [0, 0.05) is 19.0 Å². The van der Waals surface area contributed by atoms with Gasteiger partial charge in [-0.25, -0.2) is 13.9 Å². The molecule has 3 heterocycles. The van der Waals surface area contributed by atoms with Crippen LogP contribution in [-0.2, 0) is 51.0 Å². The largest absolute Gasteiger partial charge is 0.481 e. The van der Waals surface area contributed by atoms with Crippen LogP contribution in [0.25, 0.3) is 0 Å². The van der Waals surface area contributed by atoms with Crippen molar-refractivity contribution in [3.05, 3.63) is 59.2 Å². The van der Waals surface area contributed by atoms with Crippen LogP contribution in [0.3, 0.4) is 0 Å². The van der Waals surface area contributed by atoms with Gasteiger partial charge in [0.05, 0.1) is 25.4 Å². The first-order valence-corrected chi connectivity index (χ1v) is 29.0. The number of unbranched alkanes of at least 4 members (excludes halogenated alkanes) is 14. The number of hydrogen-bond acceptors (Lipinski definition) is 16. The number of carbonyl (C=O) groups excluding carboxylic acids is 2. The first-order valence-electron chi connectivity index (χ1n) is 26.0. The van der Waals surface area contributed by atoms with Gasteiger partial charge in [-0.05, 0) is 63.4 Å². The fraction of sp³-hybridized carbons (Fsp3) is 0.760. The van der Waals surface area contributed by atoms with Crippen LogP contribution in [0.5, 0.6) is 0 Å². The maximum atomic E-state index is 12.9. The Bertz CT molecular complexity index is 1910. The lowest BCUT2D eigenvalue weighted by Gasteiger charge is -2.21. The number of phosphoric ester groups is 2. The van der Waals surface area contributed by atoms with Crippen LogP contribution in [0.15, 0.2) is 53.5 Å². The Morgan fingerprint density at radius 2 is 1.35 bits per heavy atom. The van der Waals surface area contributed by atoms with Crippen molar-refractivity contribution in [2.24, 2.45) is 5.92 Å². The molecule has 3 rings (SSSR count). The fourth-order valence-electron chi connectivity index (χ4n) is 7.94. The Balaban J connectivity index is 1.42. The molecule has 9 atom stereocenters. The summed E-state index contributed by atoms with van der Waals surface area (Å²) >= 11 is 0. The number of nitrogens with zero attached hydrogens (tertiary/aromatic N) is 2. The highest BCUT2D eigenvalue weighted by molar-refractivity contribution is 7.61. The number of ether oxygens (including phenoxy) is 4. The molecule has 71 heavy (non-hydrogen) atoms. The van der Waals surface area contributed by atoms with Gasteiger partial charge in [0.15, 0.2) is 12.3 Å². The Hall–Kier alpha value is -3.06. The molecule has 1 aromatic heterocycles. The zero-order valence-corrected chi connectivity index (χ0v) is 44.2. The average Bonchev–Trinajstić information content (AvgIpc) is 4.00. The van der Waals surface area contributed by atoms with Gasteiger partial charge >= 0.3 is 33.3 Å².